The number of hydrogen-bond donors (Lipinski definition) is 2. The van der Waals surface area contributed by atoms with Crippen LogP contribution in [0.15, 0.2) is 0 Å². The topological polar surface area (TPSA) is 47.3 Å². The predicted octanol–water partition coefficient (Wildman–Crippen LogP) is 1.52. The standard InChI is InChI=1S/C12H26N2O/c1-3-15-9-10(2)14-12-7-5-4-6-11(12)8-13/h10-12,14H,3-9,13H2,1-2H3. The summed E-state index contributed by atoms with van der Waals surface area (Å²) in [7, 11) is 0. The van der Waals surface area contributed by atoms with Gasteiger partial charge in [0.2, 0.25) is 0 Å². The molecule has 0 bridgehead atoms. The van der Waals surface area contributed by atoms with Crippen LogP contribution >= 0.6 is 0 Å². The number of hydrogen-bond acceptors (Lipinski definition) is 3. The SMILES string of the molecule is CCOCC(C)NC1CCCCC1CN. The largest absolute Gasteiger partial charge is 0.380 e. The van der Waals surface area contributed by atoms with Gasteiger partial charge in [0.1, 0.15) is 0 Å². The molecular weight excluding hydrogens is 188 g/mol. The fourth-order valence-electron chi connectivity index (χ4n) is 2.42. The summed E-state index contributed by atoms with van der Waals surface area (Å²) in [6.45, 7) is 6.66. The number of ether oxygens (including phenoxy) is 1. The molecule has 1 aliphatic rings. The van der Waals surface area contributed by atoms with E-state index in [-0.39, 0.29) is 0 Å². The lowest BCUT2D eigenvalue weighted by Crippen LogP contribution is -2.47. The van der Waals surface area contributed by atoms with E-state index in [0.717, 1.165) is 19.8 Å². The van der Waals surface area contributed by atoms with Crippen molar-refractivity contribution in [2.45, 2.75) is 51.6 Å². The molecule has 3 unspecified atom stereocenters. The maximum Gasteiger partial charge on any atom is 0.0616 e. The van der Waals surface area contributed by atoms with Crippen LogP contribution in [0.2, 0.25) is 0 Å². The second-order valence-electron chi connectivity index (χ2n) is 4.61. The second kappa shape index (κ2) is 7.20. The third-order valence-corrected chi connectivity index (χ3v) is 3.28. The molecule has 0 aromatic heterocycles. The van der Waals surface area contributed by atoms with E-state index in [1.54, 1.807) is 0 Å². The minimum absolute atomic E-state index is 0.446. The zero-order chi connectivity index (χ0) is 11.1. The van der Waals surface area contributed by atoms with Gasteiger partial charge in [-0.25, -0.2) is 0 Å². The van der Waals surface area contributed by atoms with Crippen molar-refractivity contribution in [1.82, 2.24) is 5.32 Å². The molecule has 1 aliphatic carbocycles. The van der Waals surface area contributed by atoms with E-state index in [1.807, 2.05) is 6.92 Å². The van der Waals surface area contributed by atoms with Crippen molar-refractivity contribution in [2.24, 2.45) is 11.7 Å². The van der Waals surface area contributed by atoms with Gasteiger partial charge in [0.15, 0.2) is 0 Å². The average molecular weight is 214 g/mol. The normalized spacial score (nSPS) is 29.0. The molecule has 90 valence electrons. The smallest absolute Gasteiger partial charge is 0.0616 e. The molecule has 0 aromatic rings. The van der Waals surface area contributed by atoms with E-state index < -0.39 is 0 Å². The molecule has 1 saturated carbocycles. The number of rotatable bonds is 6. The van der Waals surface area contributed by atoms with E-state index >= 15 is 0 Å². The van der Waals surface area contributed by atoms with Gasteiger partial charge in [0.05, 0.1) is 6.61 Å². The quantitative estimate of drug-likeness (QED) is 0.705. The van der Waals surface area contributed by atoms with Crippen molar-refractivity contribution in [1.29, 1.82) is 0 Å². The van der Waals surface area contributed by atoms with Gasteiger partial charge in [-0.2, -0.15) is 0 Å². The van der Waals surface area contributed by atoms with Gasteiger partial charge in [-0.3, -0.25) is 0 Å². The Labute approximate surface area is 93.8 Å². The minimum Gasteiger partial charge on any atom is -0.380 e. The lowest BCUT2D eigenvalue weighted by atomic mass is 9.84. The molecule has 3 N–H and O–H groups in total. The van der Waals surface area contributed by atoms with Crippen LogP contribution in [0.25, 0.3) is 0 Å². The first-order valence-electron chi connectivity index (χ1n) is 6.31. The first kappa shape index (κ1) is 12.9. The number of nitrogens with one attached hydrogen (secondary N) is 1. The molecule has 3 heteroatoms. The summed E-state index contributed by atoms with van der Waals surface area (Å²) in [4.78, 5) is 0. The van der Waals surface area contributed by atoms with Gasteiger partial charge in [-0.15, -0.1) is 0 Å². The van der Waals surface area contributed by atoms with Gasteiger partial charge < -0.3 is 15.8 Å². The zero-order valence-electron chi connectivity index (χ0n) is 10.2. The van der Waals surface area contributed by atoms with Crippen molar-refractivity contribution in [3.63, 3.8) is 0 Å². The fourth-order valence-corrected chi connectivity index (χ4v) is 2.42. The maximum absolute atomic E-state index is 5.80. The molecule has 1 rings (SSSR count). The molecule has 0 spiro atoms. The summed E-state index contributed by atoms with van der Waals surface area (Å²) in [6.07, 6.45) is 5.25. The Balaban J connectivity index is 2.27. The third-order valence-electron chi connectivity index (χ3n) is 3.28. The molecule has 0 radical (unpaired) electrons. The maximum atomic E-state index is 5.80. The summed E-state index contributed by atoms with van der Waals surface area (Å²) in [5.74, 6) is 0.669. The average Bonchev–Trinajstić information content (AvgIpc) is 2.27. The van der Waals surface area contributed by atoms with Crippen molar-refractivity contribution >= 4 is 0 Å². The van der Waals surface area contributed by atoms with Crippen molar-refractivity contribution in [3.8, 4) is 0 Å². The Morgan fingerprint density at radius 3 is 2.80 bits per heavy atom. The van der Waals surface area contributed by atoms with Crippen LogP contribution in [0.4, 0.5) is 0 Å². The summed E-state index contributed by atoms with van der Waals surface area (Å²) in [5.41, 5.74) is 5.80. The minimum atomic E-state index is 0.446. The number of nitrogens with two attached hydrogens (primary N) is 1. The molecule has 0 aromatic carbocycles. The highest BCUT2D eigenvalue weighted by molar-refractivity contribution is 4.83. The molecule has 0 aliphatic heterocycles. The Morgan fingerprint density at radius 2 is 2.13 bits per heavy atom. The molecule has 3 atom stereocenters. The third kappa shape index (κ3) is 4.49. The monoisotopic (exact) mass is 214 g/mol. The van der Waals surface area contributed by atoms with Gasteiger partial charge >= 0.3 is 0 Å². The Morgan fingerprint density at radius 1 is 1.40 bits per heavy atom. The highest BCUT2D eigenvalue weighted by Gasteiger charge is 2.24. The molecule has 15 heavy (non-hydrogen) atoms. The zero-order valence-corrected chi connectivity index (χ0v) is 10.2. The highest BCUT2D eigenvalue weighted by atomic mass is 16.5. The van der Waals surface area contributed by atoms with Crippen LogP contribution in [-0.2, 0) is 4.74 Å². The summed E-state index contributed by atoms with van der Waals surface area (Å²) in [6, 6.07) is 1.06. The fraction of sp³-hybridized carbons (Fsp3) is 1.00. The van der Waals surface area contributed by atoms with Crippen molar-refractivity contribution in [3.05, 3.63) is 0 Å². The summed E-state index contributed by atoms with van der Waals surface area (Å²) in [5, 5.41) is 3.65. The lowest BCUT2D eigenvalue weighted by molar-refractivity contribution is 0.115. The van der Waals surface area contributed by atoms with Gasteiger partial charge in [-0.05, 0) is 39.2 Å². The van der Waals surface area contributed by atoms with Crippen molar-refractivity contribution in [2.75, 3.05) is 19.8 Å². The highest BCUT2D eigenvalue weighted by Crippen LogP contribution is 2.23. The molecule has 1 fully saturated rings. The van der Waals surface area contributed by atoms with Crippen LogP contribution < -0.4 is 11.1 Å². The van der Waals surface area contributed by atoms with Gasteiger partial charge in [0.25, 0.3) is 0 Å². The van der Waals surface area contributed by atoms with E-state index in [2.05, 4.69) is 12.2 Å². The van der Waals surface area contributed by atoms with Gasteiger partial charge in [0, 0.05) is 18.7 Å². The van der Waals surface area contributed by atoms with Crippen LogP contribution in [-0.4, -0.2) is 31.8 Å². The van der Waals surface area contributed by atoms with E-state index in [4.69, 9.17) is 10.5 Å². The molecular formula is C12H26N2O. The summed E-state index contributed by atoms with van der Waals surface area (Å²) < 4.78 is 5.41. The van der Waals surface area contributed by atoms with Crippen LogP contribution in [0.1, 0.15) is 39.5 Å². The van der Waals surface area contributed by atoms with E-state index in [9.17, 15) is 0 Å². The Hall–Kier alpha value is -0.120. The van der Waals surface area contributed by atoms with Gasteiger partial charge in [-0.1, -0.05) is 12.8 Å². The van der Waals surface area contributed by atoms with Crippen LogP contribution in [0.3, 0.4) is 0 Å². The molecule has 3 nitrogen and oxygen atoms in total. The lowest BCUT2D eigenvalue weighted by Gasteiger charge is -2.33. The van der Waals surface area contributed by atoms with E-state index in [1.165, 1.54) is 25.7 Å². The van der Waals surface area contributed by atoms with Crippen LogP contribution in [0.5, 0.6) is 0 Å². The molecule has 0 saturated heterocycles. The molecule has 0 amide bonds. The van der Waals surface area contributed by atoms with Crippen LogP contribution in [0, 0.1) is 5.92 Å². The Bertz CT molecular complexity index is 164. The first-order chi connectivity index (χ1) is 7.27. The molecule has 0 heterocycles. The first-order valence-corrected chi connectivity index (χ1v) is 6.31. The second-order valence-corrected chi connectivity index (χ2v) is 4.61. The Kier molecular flexibility index (Phi) is 6.22. The van der Waals surface area contributed by atoms with E-state index in [0.29, 0.717) is 18.0 Å². The van der Waals surface area contributed by atoms with Crippen molar-refractivity contribution < 1.29 is 4.74 Å². The summed E-state index contributed by atoms with van der Waals surface area (Å²) >= 11 is 0. The predicted molar refractivity (Wildman–Crippen MR) is 63.9 cm³/mol.